The number of aromatic nitrogens is 1. The lowest BCUT2D eigenvalue weighted by Crippen LogP contribution is -2.26. The molecule has 1 N–H and O–H groups in total. The smallest absolute Gasteiger partial charge is 0.395 e. The SMILES string of the molecule is C[C@H](NCc1cccc2c1OC(F)(F)O2)c1ncccc1F. The summed E-state index contributed by atoms with van der Waals surface area (Å²) in [5.41, 5.74) is 0.760. The summed E-state index contributed by atoms with van der Waals surface area (Å²) in [4.78, 5) is 3.97. The third kappa shape index (κ3) is 2.85. The number of benzene rings is 1. The van der Waals surface area contributed by atoms with E-state index in [4.69, 9.17) is 0 Å². The molecule has 0 saturated heterocycles. The van der Waals surface area contributed by atoms with Crippen molar-refractivity contribution >= 4 is 0 Å². The lowest BCUT2D eigenvalue weighted by molar-refractivity contribution is -0.286. The van der Waals surface area contributed by atoms with Crippen molar-refractivity contribution in [2.24, 2.45) is 0 Å². The summed E-state index contributed by atoms with van der Waals surface area (Å²) in [5, 5.41) is 3.03. The van der Waals surface area contributed by atoms with Gasteiger partial charge >= 0.3 is 6.29 Å². The van der Waals surface area contributed by atoms with Gasteiger partial charge in [-0.05, 0) is 25.1 Å². The van der Waals surface area contributed by atoms with Crippen molar-refractivity contribution in [3.8, 4) is 11.5 Å². The fraction of sp³-hybridized carbons (Fsp3) is 0.267. The van der Waals surface area contributed by atoms with Crippen molar-refractivity contribution < 1.29 is 22.6 Å². The maximum atomic E-state index is 13.6. The van der Waals surface area contributed by atoms with Gasteiger partial charge in [0.15, 0.2) is 11.5 Å². The van der Waals surface area contributed by atoms with E-state index in [0.717, 1.165) is 0 Å². The molecule has 2 heterocycles. The quantitative estimate of drug-likeness (QED) is 0.940. The second-order valence-corrected chi connectivity index (χ2v) is 4.88. The van der Waals surface area contributed by atoms with E-state index in [2.05, 4.69) is 19.8 Å². The number of nitrogens with one attached hydrogen (secondary N) is 1. The Morgan fingerprint density at radius 3 is 2.82 bits per heavy atom. The molecule has 2 aromatic rings. The van der Waals surface area contributed by atoms with Crippen LogP contribution < -0.4 is 14.8 Å². The van der Waals surface area contributed by atoms with E-state index in [1.54, 1.807) is 19.1 Å². The van der Waals surface area contributed by atoms with E-state index in [-0.39, 0.29) is 29.8 Å². The Hall–Kier alpha value is -2.28. The number of nitrogens with zero attached hydrogens (tertiary/aromatic N) is 1. The van der Waals surface area contributed by atoms with E-state index in [1.807, 2.05) is 0 Å². The van der Waals surface area contributed by atoms with Gasteiger partial charge in [-0.3, -0.25) is 4.98 Å². The molecule has 7 heteroatoms. The summed E-state index contributed by atoms with van der Waals surface area (Å²) in [5.74, 6) is -0.443. The molecule has 0 fully saturated rings. The summed E-state index contributed by atoms with van der Waals surface area (Å²) in [6.07, 6.45) is -2.16. The Kier molecular flexibility index (Phi) is 3.66. The number of hydrogen-bond donors (Lipinski definition) is 1. The zero-order valence-electron chi connectivity index (χ0n) is 11.6. The number of halogens is 3. The highest BCUT2D eigenvalue weighted by Gasteiger charge is 2.44. The van der Waals surface area contributed by atoms with Crippen LogP contribution in [0.1, 0.15) is 24.2 Å². The van der Waals surface area contributed by atoms with E-state index in [9.17, 15) is 13.2 Å². The zero-order valence-corrected chi connectivity index (χ0v) is 11.6. The Morgan fingerprint density at radius 1 is 1.23 bits per heavy atom. The Labute approximate surface area is 124 Å². The highest BCUT2D eigenvalue weighted by atomic mass is 19.3. The van der Waals surface area contributed by atoms with E-state index < -0.39 is 12.1 Å². The first-order valence-corrected chi connectivity index (χ1v) is 6.68. The molecule has 0 saturated carbocycles. The molecule has 116 valence electrons. The van der Waals surface area contributed by atoms with Crippen LogP contribution in [0.2, 0.25) is 0 Å². The van der Waals surface area contributed by atoms with Crippen LogP contribution in [0.3, 0.4) is 0 Å². The third-order valence-electron chi connectivity index (χ3n) is 3.31. The van der Waals surface area contributed by atoms with Crippen LogP contribution in [-0.4, -0.2) is 11.3 Å². The van der Waals surface area contributed by atoms with E-state index in [1.165, 1.54) is 24.4 Å². The summed E-state index contributed by atoms with van der Waals surface area (Å²) in [7, 11) is 0. The molecular weight excluding hydrogens is 297 g/mol. The molecule has 1 aromatic heterocycles. The third-order valence-corrected chi connectivity index (χ3v) is 3.31. The van der Waals surface area contributed by atoms with Crippen LogP contribution in [0.5, 0.6) is 11.5 Å². The van der Waals surface area contributed by atoms with Gasteiger partial charge in [0, 0.05) is 24.3 Å². The Bertz CT molecular complexity index is 694. The van der Waals surface area contributed by atoms with E-state index in [0.29, 0.717) is 5.56 Å². The standard InChI is InChI=1S/C15H13F3N2O2/c1-9(13-11(16)5-3-7-19-13)20-8-10-4-2-6-12-14(10)22-15(17,18)21-12/h2-7,9,20H,8H2,1H3/t9-/m0/s1. The minimum absolute atomic E-state index is 0.00584. The second-order valence-electron chi connectivity index (χ2n) is 4.88. The van der Waals surface area contributed by atoms with Crippen LogP contribution in [0.15, 0.2) is 36.5 Å². The van der Waals surface area contributed by atoms with Gasteiger partial charge in [0.25, 0.3) is 0 Å². The topological polar surface area (TPSA) is 43.4 Å². The first kappa shape index (κ1) is 14.6. The molecule has 0 aliphatic carbocycles. The molecule has 0 radical (unpaired) electrons. The number of alkyl halides is 2. The van der Waals surface area contributed by atoms with Crippen LogP contribution in [-0.2, 0) is 6.54 Å². The molecule has 3 rings (SSSR count). The summed E-state index contributed by atoms with van der Waals surface area (Å²) >= 11 is 0. The molecule has 1 aliphatic rings. The fourth-order valence-electron chi connectivity index (χ4n) is 2.24. The van der Waals surface area contributed by atoms with Crippen molar-refractivity contribution in [2.75, 3.05) is 0 Å². The monoisotopic (exact) mass is 310 g/mol. The number of para-hydroxylation sites is 1. The minimum Gasteiger partial charge on any atom is -0.395 e. The van der Waals surface area contributed by atoms with Crippen LogP contribution in [0.25, 0.3) is 0 Å². The van der Waals surface area contributed by atoms with E-state index >= 15 is 0 Å². The van der Waals surface area contributed by atoms with Gasteiger partial charge in [0.2, 0.25) is 0 Å². The second kappa shape index (κ2) is 5.49. The summed E-state index contributed by atoms with van der Waals surface area (Å²) in [6, 6.07) is 7.06. The lowest BCUT2D eigenvalue weighted by atomic mass is 10.1. The largest absolute Gasteiger partial charge is 0.586 e. The van der Waals surface area contributed by atoms with Gasteiger partial charge in [0.05, 0.1) is 5.69 Å². The van der Waals surface area contributed by atoms with Crippen molar-refractivity contribution in [1.29, 1.82) is 0 Å². The number of rotatable bonds is 4. The molecule has 1 aromatic carbocycles. The highest BCUT2D eigenvalue weighted by Crippen LogP contribution is 2.43. The number of pyridine rings is 1. The van der Waals surface area contributed by atoms with Crippen molar-refractivity contribution in [2.45, 2.75) is 25.8 Å². The predicted molar refractivity (Wildman–Crippen MR) is 72.1 cm³/mol. The van der Waals surface area contributed by atoms with Crippen LogP contribution in [0, 0.1) is 5.82 Å². The molecule has 0 amide bonds. The van der Waals surface area contributed by atoms with Crippen molar-refractivity contribution in [1.82, 2.24) is 10.3 Å². The van der Waals surface area contributed by atoms with Gasteiger partial charge in [-0.2, -0.15) is 0 Å². The number of fused-ring (bicyclic) bond motifs is 1. The fourth-order valence-corrected chi connectivity index (χ4v) is 2.24. The maximum Gasteiger partial charge on any atom is 0.586 e. The van der Waals surface area contributed by atoms with Gasteiger partial charge in [0.1, 0.15) is 5.82 Å². The minimum atomic E-state index is -3.66. The molecule has 1 atom stereocenters. The molecule has 0 spiro atoms. The average molecular weight is 310 g/mol. The number of hydrogen-bond acceptors (Lipinski definition) is 4. The average Bonchev–Trinajstić information content (AvgIpc) is 2.79. The summed E-state index contributed by atoms with van der Waals surface area (Å²) in [6.45, 7) is 1.94. The molecule has 1 aliphatic heterocycles. The maximum absolute atomic E-state index is 13.6. The van der Waals surface area contributed by atoms with Crippen molar-refractivity contribution in [3.63, 3.8) is 0 Å². The first-order chi connectivity index (χ1) is 10.5. The normalized spacial score (nSPS) is 16.5. The zero-order chi connectivity index (χ0) is 15.7. The molecule has 0 unspecified atom stereocenters. The van der Waals surface area contributed by atoms with Crippen molar-refractivity contribution in [3.05, 3.63) is 53.6 Å². The van der Waals surface area contributed by atoms with Gasteiger partial charge in [-0.1, -0.05) is 12.1 Å². The summed E-state index contributed by atoms with van der Waals surface area (Å²) < 4.78 is 48.8. The Balaban J connectivity index is 1.74. The first-order valence-electron chi connectivity index (χ1n) is 6.68. The Morgan fingerprint density at radius 2 is 2.05 bits per heavy atom. The van der Waals surface area contributed by atoms with Crippen LogP contribution >= 0.6 is 0 Å². The van der Waals surface area contributed by atoms with Gasteiger partial charge in [-0.15, -0.1) is 8.78 Å². The molecular formula is C15H13F3N2O2. The predicted octanol–water partition coefficient (Wildman–Crippen LogP) is 3.39. The molecule has 22 heavy (non-hydrogen) atoms. The molecule has 4 nitrogen and oxygen atoms in total. The van der Waals surface area contributed by atoms with Crippen LogP contribution in [0.4, 0.5) is 13.2 Å². The number of ether oxygens (including phenoxy) is 2. The highest BCUT2D eigenvalue weighted by molar-refractivity contribution is 5.48. The van der Waals surface area contributed by atoms with Gasteiger partial charge < -0.3 is 14.8 Å². The molecule has 0 bridgehead atoms. The lowest BCUT2D eigenvalue weighted by Gasteiger charge is -2.14. The van der Waals surface area contributed by atoms with Gasteiger partial charge in [-0.25, -0.2) is 4.39 Å².